The Bertz CT molecular complexity index is 983. The molecular formula is C27H44NO6PS. The molecule has 1 heterocycles. The molecule has 2 fully saturated rings. The van der Waals surface area contributed by atoms with Crippen LogP contribution in [0.2, 0.25) is 0 Å². The van der Waals surface area contributed by atoms with Crippen molar-refractivity contribution < 1.29 is 28.5 Å². The Morgan fingerprint density at radius 2 is 1.75 bits per heavy atom. The van der Waals surface area contributed by atoms with Crippen molar-refractivity contribution >= 4 is 36.3 Å². The van der Waals surface area contributed by atoms with E-state index in [1.807, 2.05) is 13.0 Å². The molecule has 1 N–H and O–H groups in total. The minimum atomic E-state index is -3.05. The molecule has 0 saturated heterocycles. The second kappa shape index (κ2) is 11.3. The van der Waals surface area contributed by atoms with Crippen molar-refractivity contribution in [2.24, 2.45) is 11.8 Å². The molecule has 1 amide bonds. The molecule has 204 valence electrons. The minimum Gasteiger partial charge on any atom is -0.477 e. The molecule has 0 aromatic carbocycles. The van der Waals surface area contributed by atoms with Gasteiger partial charge in [-0.1, -0.05) is 27.7 Å². The number of carboxylic acids is 1. The summed E-state index contributed by atoms with van der Waals surface area (Å²) < 4.78 is 24.9. The van der Waals surface area contributed by atoms with E-state index in [-0.39, 0.29) is 28.2 Å². The highest BCUT2D eigenvalue weighted by Gasteiger charge is 2.50. The van der Waals surface area contributed by atoms with Crippen LogP contribution < -0.4 is 4.90 Å². The first-order valence-electron chi connectivity index (χ1n) is 13.2. The predicted octanol–water partition coefficient (Wildman–Crippen LogP) is 7.13. The number of carbonyl (C=O) groups excluding carboxylic acids is 1. The normalized spacial score (nSPS) is 28.9. The summed E-state index contributed by atoms with van der Waals surface area (Å²) in [5, 5.41) is 9.23. The third-order valence-electron chi connectivity index (χ3n) is 8.11. The lowest BCUT2D eigenvalue weighted by molar-refractivity contribution is -0.124. The Hall–Kier alpha value is -1.21. The van der Waals surface area contributed by atoms with Gasteiger partial charge in [-0.25, -0.2) is 4.79 Å². The number of ether oxygens (including phenoxy) is 1. The molecule has 0 aliphatic heterocycles. The molecule has 2 aliphatic carbocycles. The average Bonchev–Trinajstić information content (AvgIpc) is 3.26. The van der Waals surface area contributed by atoms with Crippen molar-refractivity contribution in [2.45, 2.75) is 103 Å². The summed E-state index contributed by atoms with van der Waals surface area (Å²) >= 11 is 1.26. The lowest BCUT2D eigenvalue weighted by Gasteiger charge is -2.45. The minimum absolute atomic E-state index is 0.0297. The van der Waals surface area contributed by atoms with E-state index >= 15 is 0 Å². The molecule has 7 nitrogen and oxygen atoms in total. The molecule has 0 bridgehead atoms. The van der Waals surface area contributed by atoms with Crippen LogP contribution in [0, 0.1) is 11.8 Å². The highest BCUT2D eigenvalue weighted by Crippen LogP contribution is 2.62. The molecule has 3 rings (SSSR count). The van der Waals surface area contributed by atoms with Gasteiger partial charge < -0.3 is 19.3 Å². The van der Waals surface area contributed by atoms with Gasteiger partial charge in [0.25, 0.3) is 0 Å². The summed E-state index contributed by atoms with van der Waals surface area (Å²) in [6, 6.07) is 1.74. The summed E-state index contributed by atoms with van der Waals surface area (Å²) in [5.41, 5.74) is 0.284. The zero-order valence-electron chi connectivity index (χ0n) is 23.0. The second-order valence-electron chi connectivity index (χ2n) is 11.7. The first-order chi connectivity index (χ1) is 16.8. The van der Waals surface area contributed by atoms with E-state index in [1.54, 1.807) is 18.7 Å². The van der Waals surface area contributed by atoms with Gasteiger partial charge in [-0.3, -0.25) is 9.36 Å². The van der Waals surface area contributed by atoms with E-state index in [4.69, 9.17) is 9.26 Å². The monoisotopic (exact) mass is 541 g/mol. The van der Waals surface area contributed by atoms with Gasteiger partial charge in [0, 0.05) is 30.6 Å². The smallest absolute Gasteiger partial charge is 0.348 e. The highest BCUT2D eigenvalue weighted by molar-refractivity contribution is 7.59. The van der Waals surface area contributed by atoms with E-state index in [9.17, 15) is 19.3 Å². The van der Waals surface area contributed by atoms with Crippen LogP contribution in [-0.2, 0) is 24.0 Å². The lowest BCUT2D eigenvalue weighted by atomic mass is 9.81. The van der Waals surface area contributed by atoms with Crippen molar-refractivity contribution in [1.82, 2.24) is 0 Å². The molecule has 1 atom stereocenters. The summed E-state index contributed by atoms with van der Waals surface area (Å²) in [6.45, 7) is 12.2. The fourth-order valence-corrected chi connectivity index (χ4v) is 8.91. The van der Waals surface area contributed by atoms with Gasteiger partial charge in [0.05, 0.1) is 12.3 Å². The number of anilines is 1. The van der Waals surface area contributed by atoms with Crippen LogP contribution in [0.3, 0.4) is 0 Å². The number of hydrogen-bond donors (Lipinski definition) is 1. The topological polar surface area (TPSA) is 93.1 Å². The van der Waals surface area contributed by atoms with Gasteiger partial charge in [-0.2, -0.15) is 0 Å². The summed E-state index contributed by atoms with van der Waals surface area (Å²) in [5.74, 6) is -0.463. The number of nitrogens with zero attached hydrogens (tertiary/aromatic N) is 1. The van der Waals surface area contributed by atoms with E-state index in [1.165, 1.54) is 11.3 Å². The second-order valence-corrected chi connectivity index (χ2v) is 15.5. The lowest BCUT2D eigenvalue weighted by Crippen LogP contribution is -2.49. The summed E-state index contributed by atoms with van der Waals surface area (Å²) in [7, 11) is -1.46. The Balaban J connectivity index is 2.00. The first kappa shape index (κ1) is 29.3. The van der Waals surface area contributed by atoms with Crippen LogP contribution >= 0.6 is 18.7 Å². The van der Waals surface area contributed by atoms with Gasteiger partial charge in [0.1, 0.15) is 10.2 Å². The van der Waals surface area contributed by atoms with Crippen molar-refractivity contribution in [3.63, 3.8) is 0 Å². The Morgan fingerprint density at radius 3 is 2.22 bits per heavy atom. The SMILES string of the molecule is CCOP(C)(=O)C1(OC)CCC(N(c2cc(C(C)(C)C)sc2C(=O)O)C(=O)[C@H]2CC[C@H](C)CC2)CC1. The quantitative estimate of drug-likeness (QED) is 0.352. The maximum Gasteiger partial charge on any atom is 0.348 e. The first-order valence-corrected chi connectivity index (χ1v) is 16.1. The van der Waals surface area contributed by atoms with E-state index in [0.717, 1.165) is 30.6 Å². The van der Waals surface area contributed by atoms with Crippen molar-refractivity contribution in [1.29, 1.82) is 0 Å². The van der Waals surface area contributed by atoms with Crippen molar-refractivity contribution in [3.05, 3.63) is 15.8 Å². The van der Waals surface area contributed by atoms with Crippen LogP contribution in [0.15, 0.2) is 6.07 Å². The molecule has 1 aromatic rings. The fourth-order valence-electron chi connectivity index (χ4n) is 5.73. The Labute approximate surface area is 220 Å². The number of rotatable bonds is 8. The molecule has 2 saturated carbocycles. The van der Waals surface area contributed by atoms with Crippen molar-refractivity contribution in [3.8, 4) is 0 Å². The largest absolute Gasteiger partial charge is 0.477 e. The number of methoxy groups -OCH3 is 1. The molecule has 9 heteroatoms. The van der Waals surface area contributed by atoms with E-state index in [2.05, 4.69) is 27.7 Å². The Kier molecular flexibility index (Phi) is 9.18. The summed E-state index contributed by atoms with van der Waals surface area (Å²) in [6.07, 6.45) is 5.82. The molecule has 36 heavy (non-hydrogen) atoms. The number of amides is 1. The van der Waals surface area contributed by atoms with E-state index in [0.29, 0.717) is 43.9 Å². The van der Waals surface area contributed by atoms with E-state index < -0.39 is 18.7 Å². The number of aromatic carboxylic acids is 1. The van der Waals surface area contributed by atoms with Gasteiger partial charge in [-0.05, 0) is 75.7 Å². The zero-order valence-corrected chi connectivity index (χ0v) is 24.7. The number of thiophene rings is 1. The predicted molar refractivity (Wildman–Crippen MR) is 146 cm³/mol. The molecule has 2 aliphatic rings. The van der Waals surface area contributed by atoms with Gasteiger partial charge in [-0.15, -0.1) is 11.3 Å². The van der Waals surface area contributed by atoms with Crippen LogP contribution in [0.4, 0.5) is 5.69 Å². The Morgan fingerprint density at radius 1 is 1.17 bits per heavy atom. The van der Waals surface area contributed by atoms with Crippen LogP contribution in [0.1, 0.15) is 101 Å². The van der Waals surface area contributed by atoms with Gasteiger partial charge >= 0.3 is 5.97 Å². The van der Waals surface area contributed by atoms with Gasteiger partial charge in [0.2, 0.25) is 13.3 Å². The number of carboxylic acid groups (broad SMARTS) is 1. The molecule has 1 aromatic heterocycles. The average molecular weight is 542 g/mol. The van der Waals surface area contributed by atoms with Crippen LogP contribution in [-0.4, -0.2) is 48.7 Å². The standard InChI is InChI=1S/C27H44NO6PS/c1-8-34-35(7,32)27(33-6)15-13-20(14-16-27)28(24(29)19-11-9-18(2)10-12-19)21-17-22(26(3,4)5)36-23(21)25(30)31/h17-20H,8-16H2,1-7H3,(H,30,31)/t18-,19-,20?,27?,35?. The molecule has 0 radical (unpaired) electrons. The fraction of sp³-hybridized carbons (Fsp3) is 0.778. The number of carbonyl (C=O) groups is 2. The molecule has 1 unspecified atom stereocenters. The van der Waals surface area contributed by atoms with Crippen LogP contribution in [0.5, 0.6) is 0 Å². The molecular weight excluding hydrogens is 497 g/mol. The molecule has 0 spiro atoms. The van der Waals surface area contributed by atoms with Gasteiger partial charge in [0.15, 0.2) is 0 Å². The van der Waals surface area contributed by atoms with Crippen LogP contribution in [0.25, 0.3) is 0 Å². The summed E-state index contributed by atoms with van der Waals surface area (Å²) in [4.78, 5) is 29.4. The third kappa shape index (κ3) is 5.92. The van der Waals surface area contributed by atoms with Crippen molar-refractivity contribution in [2.75, 3.05) is 25.3 Å². The maximum atomic E-state index is 14.1. The number of hydrogen-bond acceptors (Lipinski definition) is 6. The zero-order chi connectivity index (χ0) is 26.9. The highest BCUT2D eigenvalue weighted by atomic mass is 32.1. The third-order valence-corrected chi connectivity index (χ3v) is 12.5. The maximum absolute atomic E-state index is 14.1.